The number of hydrogen-bond acceptors (Lipinski definition) is 3. The largest absolute Gasteiger partial charge is 0.316 e. The van der Waals surface area contributed by atoms with E-state index in [1.165, 1.54) is 70.2 Å². The molecule has 0 saturated carbocycles. The first-order chi connectivity index (χ1) is 20.3. The predicted octanol–water partition coefficient (Wildman–Crippen LogP) is 11.1. The van der Waals surface area contributed by atoms with Crippen LogP contribution in [-0.4, -0.2) is 18.1 Å². The molecule has 2 aliphatic heterocycles. The highest BCUT2D eigenvalue weighted by Gasteiger charge is 2.17. The second kappa shape index (κ2) is 16.6. The van der Waals surface area contributed by atoms with Crippen molar-refractivity contribution in [3.05, 3.63) is 88.1 Å². The fraction of sp³-hybridized carbons (Fsp3) is 0.541. The Hall–Kier alpha value is -2.24. The van der Waals surface area contributed by atoms with Crippen LogP contribution in [0, 0.1) is 11.8 Å². The van der Waals surface area contributed by atoms with E-state index in [1.54, 1.807) is 12.3 Å². The van der Waals surface area contributed by atoms with Crippen molar-refractivity contribution in [2.75, 3.05) is 13.1 Å². The number of allylic oxidation sites excluding steroid dienone is 4. The standard InChI is InChI=1S/C37H50F2N2S/c1-5-34-20-26(2)13-18-36(42-34)33-22-30(15-14-29-12-7-6-8-19-40-24-29)21-32(23-33)28(4)11-9-10-27(3)31-16-17-35(37(38)39)41-25-31/h16-18,20-23,25-27,29,37,40H,4-15,19,24H2,1-3H3/t26?,27-,29-/m0/s1. The Morgan fingerprint density at radius 2 is 2.02 bits per heavy atom. The highest BCUT2D eigenvalue weighted by Crippen LogP contribution is 2.41. The van der Waals surface area contributed by atoms with Crippen LogP contribution in [0.15, 0.2) is 60.2 Å². The number of pyridine rings is 1. The minimum atomic E-state index is -2.52. The van der Waals surface area contributed by atoms with Crippen LogP contribution in [0.3, 0.4) is 0 Å². The van der Waals surface area contributed by atoms with E-state index in [4.69, 9.17) is 0 Å². The van der Waals surface area contributed by atoms with Gasteiger partial charge >= 0.3 is 0 Å². The maximum atomic E-state index is 12.9. The van der Waals surface area contributed by atoms with Crippen LogP contribution in [0.4, 0.5) is 8.78 Å². The van der Waals surface area contributed by atoms with Crippen molar-refractivity contribution >= 4 is 22.2 Å². The fourth-order valence-electron chi connectivity index (χ4n) is 6.10. The average Bonchev–Trinajstić information content (AvgIpc) is 3.17. The van der Waals surface area contributed by atoms with E-state index in [0.29, 0.717) is 5.92 Å². The third-order valence-corrected chi connectivity index (χ3v) is 10.2. The molecule has 0 spiro atoms. The number of rotatable bonds is 12. The molecule has 1 aromatic carbocycles. The van der Waals surface area contributed by atoms with Crippen LogP contribution in [-0.2, 0) is 6.42 Å². The normalized spacial score (nSPS) is 20.7. The van der Waals surface area contributed by atoms with Gasteiger partial charge in [-0.05, 0) is 133 Å². The highest BCUT2D eigenvalue weighted by atomic mass is 32.2. The van der Waals surface area contributed by atoms with Crippen molar-refractivity contribution in [2.24, 2.45) is 11.8 Å². The van der Waals surface area contributed by atoms with Crippen LogP contribution >= 0.6 is 11.8 Å². The maximum Gasteiger partial charge on any atom is 0.280 e. The monoisotopic (exact) mass is 592 g/mol. The van der Waals surface area contributed by atoms with Gasteiger partial charge in [-0.25, -0.2) is 8.78 Å². The molecule has 228 valence electrons. The first-order valence-corrected chi connectivity index (χ1v) is 17.0. The van der Waals surface area contributed by atoms with E-state index in [-0.39, 0.29) is 11.6 Å². The summed E-state index contributed by atoms with van der Waals surface area (Å²) in [7, 11) is 0. The zero-order valence-corrected chi connectivity index (χ0v) is 26.8. The summed E-state index contributed by atoms with van der Waals surface area (Å²) in [5, 5.41) is 3.67. The molecule has 1 aromatic heterocycles. The van der Waals surface area contributed by atoms with Crippen molar-refractivity contribution in [1.82, 2.24) is 10.3 Å². The van der Waals surface area contributed by atoms with Gasteiger partial charge in [-0.1, -0.05) is 82.3 Å². The number of aromatic nitrogens is 1. The van der Waals surface area contributed by atoms with Crippen molar-refractivity contribution in [2.45, 2.75) is 104 Å². The summed E-state index contributed by atoms with van der Waals surface area (Å²) in [6.07, 6.45) is 16.7. The third kappa shape index (κ3) is 9.91. The molecule has 4 rings (SSSR count). The van der Waals surface area contributed by atoms with Crippen LogP contribution in [0.2, 0.25) is 0 Å². The molecule has 2 aliphatic rings. The Kier molecular flexibility index (Phi) is 12.9. The Morgan fingerprint density at radius 1 is 1.17 bits per heavy atom. The quantitative estimate of drug-likeness (QED) is 0.265. The molecular formula is C37H50F2N2S. The van der Waals surface area contributed by atoms with Gasteiger partial charge in [-0.15, -0.1) is 0 Å². The van der Waals surface area contributed by atoms with E-state index >= 15 is 0 Å². The van der Waals surface area contributed by atoms with Crippen molar-refractivity contribution < 1.29 is 8.78 Å². The summed E-state index contributed by atoms with van der Waals surface area (Å²) < 4.78 is 25.8. The van der Waals surface area contributed by atoms with Gasteiger partial charge in [-0.3, -0.25) is 4.98 Å². The van der Waals surface area contributed by atoms with Crippen molar-refractivity contribution in [1.29, 1.82) is 0 Å². The Balaban J connectivity index is 1.46. The lowest BCUT2D eigenvalue weighted by Crippen LogP contribution is -2.26. The minimum absolute atomic E-state index is 0.154. The molecule has 0 amide bonds. The third-order valence-electron chi connectivity index (χ3n) is 8.88. The molecule has 42 heavy (non-hydrogen) atoms. The lowest BCUT2D eigenvalue weighted by atomic mass is 9.90. The molecule has 3 atom stereocenters. The summed E-state index contributed by atoms with van der Waals surface area (Å²) in [4.78, 5) is 6.79. The minimum Gasteiger partial charge on any atom is -0.316 e. The number of alkyl halides is 2. The van der Waals surface area contributed by atoms with Gasteiger partial charge < -0.3 is 5.32 Å². The number of thioether (sulfide) groups is 1. The van der Waals surface area contributed by atoms with Gasteiger partial charge in [0, 0.05) is 11.1 Å². The zero-order valence-electron chi connectivity index (χ0n) is 25.9. The van der Waals surface area contributed by atoms with Gasteiger partial charge in [0.05, 0.1) is 0 Å². The number of benzene rings is 1. The second-order valence-electron chi connectivity index (χ2n) is 12.5. The average molecular weight is 593 g/mol. The van der Waals surface area contributed by atoms with Gasteiger partial charge in [0.15, 0.2) is 0 Å². The fourth-order valence-corrected chi connectivity index (χ4v) is 7.24. The molecule has 1 fully saturated rings. The number of nitrogens with one attached hydrogen (secondary N) is 1. The topological polar surface area (TPSA) is 24.9 Å². The number of hydrogen-bond donors (Lipinski definition) is 1. The maximum absolute atomic E-state index is 12.9. The molecule has 1 N–H and O–H groups in total. The molecule has 2 nitrogen and oxygen atoms in total. The van der Waals surface area contributed by atoms with E-state index < -0.39 is 6.43 Å². The Morgan fingerprint density at radius 3 is 2.79 bits per heavy atom. The van der Waals surface area contributed by atoms with Gasteiger partial charge in [0.25, 0.3) is 6.43 Å². The molecule has 1 unspecified atom stereocenters. The van der Waals surface area contributed by atoms with Crippen molar-refractivity contribution in [3.8, 4) is 0 Å². The van der Waals surface area contributed by atoms with Gasteiger partial charge in [0.1, 0.15) is 5.69 Å². The van der Waals surface area contributed by atoms with Crippen LogP contribution in [0.25, 0.3) is 10.5 Å². The first kappa shape index (κ1) is 32.7. The highest BCUT2D eigenvalue weighted by molar-refractivity contribution is 8.11. The van der Waals surface area contributed by atoms with E-state index in [1.807, 2.05) is 11.8 Å². The Bertz CT molecular complexity index is 1210. The molecule has 3 heterocycles. The van der Waals surface area contributed by atoms with E-state index in [9.17, 15) is 8.78 Å². The Labute approximate surface area is 257 Å². The van der Waals surface area contributed by atoms with Gasteiger partial charge in [-0.2, -0.15) is 0 Å². The zero-order chi connectivity index (χ0) is 29.9. The summed E-state index contributed by atoms with van der Waals surface area (Å²) >= 11 is 1.94. The molecule has 0 bridgehead atoms. The predicted molar refractivity (Wildman–Crippen MR) is 178 cm³/mol. The number of aryl methyl sites for hydroxylation is 1. The van der Waals surface area contributed by atoms with Crippen LogP contribution < -0.4 is 5.32 Å². The second-order valence-corrected chi connectivity index (χ2v) is 13.6. The summed E-state index contributed by atoms with van der Waals surface area (Å²) in [6, 6.07) is 10.4. The lowest BCUT2D eigenvalue weighted by molar-refractivity contribution is 0.146. The van der Waals surface area contributed by atoms with E-state index in [0.717, 1.165) is 63.1 Å². The number of nitrogens with zero attached hydrogens (tertiary/aromatic N) is 1. The summed E-state index contributed by atoms with van der Waals surface area (Å²) in [5.74, 6) is 1.58. The SMILES string of the molecule is C=C(CCC[C@H](C)c1ccc(C(F)F)nc1)c1cc(CC[C@@H]2CCCCCNC2)cc(C2=CCC(C)C=C(CC)S2)c1. The molecular weight excluding hydrogens is 542 g/mol. The van der Waals surface area contributed by atoms with Gasteiger partial charge in [0.2, 0.25) is 0 Å². The molecule has 0 radical (unpaired) electrons. The van der Waals surface area contributed by atoms with Crippen LogP contribution in [0.5, 0.6) is 0 Å². The molecule has 2 aromatic rings. The van der Waals surface area contributed by atoms with Crippen LogP contribution in [0.1, 0.15) is 125 Å². The molecule has 1 saturated heterocycles. The smallest absolute Gasteiger partial charge is 0.280 e. The first-order valence-electron chi connectivity index (χ1n) is 16.2. The summed E-state index contributed by atoms with van der Waals surface area (Å²) in [6.45, 7) is 13.6. The lowest BCUT2D eigenvalue weighted by Gasteiger charge is -2.21. The van der Waals surface area contributed by atoms with Crippen molar-refractivity contribution in [3.63, 3.8) is 0 Å². The molecule has 0 aliphatic carbocycles. The van der Waals surface area contributed by atoms with E-state index in [2.05, 4.69) is 68.0 Å². The summed E-state index contributed by atoms with van der Waals surface area (Å²) in [5.41, 5.74) is 6.06. The molecule has 5 heteroatoms. The number of halogens is 2.